The predicted molar refractivity (Wildman–Crippen MR) is 51.2 cm³/mol. The minimum absolute atomic E-state index is 0.964. The van der Waals surface area contributed by atoms with Gasteiger partial charge in [0.25, 0.3) is 0 Å². The molecule has 0 amide bonds. The van der Waals surface area contributed by atoms with E-state index in [1.807, 2.05) is 0 Å². The van der Waals surface area contributed by atoms with Gasteiger partial charge in [0.15, 0.2) is 0 Å². The van der Waals surface area contributed by atoms with E-state index in [0.29, 0.717) is 0 Å². The van der Waals surface area contributed by atoms with Crippen LogP contribution in [0, 0.1) is 11.8 Å². The summed E-state index contributed by atoms with van der Waals surface area (Å²) in [6.07, 6.45) is 5.70. The van der Waals surface area contributed by atoms with Crippen LogP contribution in [0.4, 0.5) is 0 Å². The van der Waals surface area contributed by atoms with Crippen LogP contribution in [0.2, 0.25) is 0 Å². The molecule has 2 heterocycles. The Bertz CT molecular complexity index is 108. The molecule has 2 nitrogen and oxygen atoms in total. The molecule has 0 bridgehead atoms. The van der Waals surface area contributed by atoms with Crippen LogP contribution in [0.25, 0.3) is 0 Å². The molecule has 2 rings (SSSR count). The van der Waals surface area contributed by atoms with E-state index in [-0.39, 0.29) is 0 Å². The first kappa shape index (κ1) is 8.52. The average molecular weight is 168 g/mol. The molecule has 0 spiro atoms. The Morgan fingerprint density at radius 2 is 1.25 bits per heavy atom. The molecule has 0 aromatic heterocycles. The molecule has 2 aliphatic heterocycles. The number of piperidine rings is 2. The molecule has 0 aliphatic carbocycles. The molecular weight excluding hydrogens is 148 g/mol. The molecule has 0 aromatic carbocycles. The van der Waals surface area contributed by atoms with Gasteiger partial charge in [0, 0.05) is 0 Å². The molecule has 0 unspecified atom stereocenters. The van der Waals surface area contributed by atoms with Crippen molar-refractivity contribution < 1.29 is 0 Å². The van der Waals surface area contributed by atoms with E-state index in [2.05, 4.69) is 10.6 Å². The molecule has 0 saturated carbocycles. The molecule has 2 N–H and O–H groups in total. The van der Waals surface area contributed by atoms with Crippen LogP contribution in [0.3, 0.4) is 0 Å². The maximum Gasteiger partial charge on any atom is -0.00174 e. The van der Waals surface area contributed by atoms with E-state index in [9.17, 15) is 0 Å². The third-order valence-electron chi connectivity index (χ3n) is 3.34. The van der Waals surface area contributed by atoms with Crippen molar-refractivity contribution in [1.29, 1.82) is 0 Å². The lowest BCUT2D eigenvalue weighted by molar-refractivity contribution is 0.220. The Morgan fingerprint density at radius 1 is 0.750 bits per heavy atom. The standard InChI is InChI=1S/C10H20N2/c1-3-9(7-11-5-1)10-4-2-6-12-8-10/h9-12H,1-8H2/t9-,10+. The lowest BCUT2D eigenvalue weighted by Gasteiger charge is -2.33. The second-order valence-corrected chi connectivity index (χ2v) is 4.21. The van der Waals surface area contributed by atoms with Gasteiger partial charge in [-0.05, 0) is 63.7 Å². The minimum atomic E-state index is 0.964. The Balaban J connectivity index is 1.80. The highest BCUT2D eigenvalue weighted by Crippen LogP contribution is 2.25. The molecule has 0 aromatic rings. The number of nitrogens with one attached hydrogen (secondary N) is 2. The number of hydrogen-bond acceptors (Lipinski definition) is 2. The summed E-state index contributed by atoms with van der Waals surface area (Å²) in [5, 5.41) is 7.01. The second kappa shape index (κ2) is 4.24. The summed E-state index contributed by atoms with van der Waals surface area (Å²) in [4.78, 5) is 0. The topological polar surface area (TPSA) is 24.1 Å². The molecule has 2 fully saturated rings. The lowest BCUT2D eigenvalue weighted by atomic mass is 9.82. The summed E-state index contributed by atoms with van der Waals surface area (Å²) in [7, 11) is 0. The van der Waals surface area contributed by atoms with Crippen LogP contribution < -0.4 is 10.6 Å². The van der Waals surface area contributed by atoms with Gasteiger partial charge in [-0.1, -0.05) is 0 Å². The summed E-state index contributed by atoms with van der Waals surface area (Å²) in [6.45, 7) is 5.03. The van der Waals surface area contributed by atoms with Crippen LogP contribution >= 0.6 is 0 Å². The number of hydrogen-bond donors (Lipinski definition) is 2. The summed E-state index contributed by atoms with van der Waals surface area (Å²) < 4.78 is 0. The largest absolute Gasteiger partial charge is 0.316 e. The zero-order valence-corrected chi connectivity index (χ0v) is 7.81. The van der Waals surface area contributed by atoms with Crippen molar-refractivity contribution in [2.45, 2.75) is 25.7 Å². The van der Waals surface area contributed by atoms with E-state index in [4.69, 9.17) is 0 Å². The SMILES string of the molecule is C1CNC[C@H]([C@H]2CCCNC2)C1. The van der Waals surface area contributed by atoms with Gasteiger partial charge in [-0.3, -0.25) is 0 Å². The highest BCUT2D eigenvalue weighted by Gasteiger charge is 2.24. The van der Waals surface area contributed by atoms with E-state index in [0.717, 1.165) is 11.8 Å². The van der Waals surface area contributed by atoms with Gasteiger partial charge in [-0.25, -0.2) is 0 Å². The second-order valence-electron chi connectivity index (χ2n) is 4.21. The monoisotopic (exact) mass is 168 g/mol. The summed E-state index contributed by atoms with van der Waals surface area (Å²) in [6, 6.07) is 0. The molecule has 0 radical (unpaired) electrons. The maximum absolute atomic E-state index is 3.50. The normalized spacial score (nSPS) is 38.0. The lowest BCUT2D eigenvalue weighted by Crippen LogP contribution is -2.40. The molecule has 2 heteroatoms. The fourth-order valence-electron chi connectivity index (χ4n) is 2.56. The van der Waals surface area contributed by atoms with Gasteiger partial charge in [-0.15, -0.1) is 0 Å². The highest BCUT2D eigenvalue weighted by molar-refractivity contribution is 4.80. The summed E-state index contributed by atoms with van der Waals surface area (Å²) in [5.74, 6) is 1.93. The van der Waals surface area contributed by atoms with Crippen LogP contribution in [0.15, 0.2) is 0 Å². The van der Waals surface area contributed by atoms with E-state index in [1.54, 1.807) is 0 Å². The first-order valence-corrected chi connectivity index (χ1v) is 5.38. The van der Waals surface area contributed by atoms with Gasteiger partial charge in [-0.2, -0.15) is 0 Å². The van der Waals surface area contributed by atoms with Gasteiger partial charge in [0.1, 0.15) is 0 Å². The fraction of sp³-hybridized carbons (Fsp3) is 1.00. The van der Waals surface area contributed by atoms with Crippen molar-refractivity contribution in [2.24, 2.45) is 11.8 Å². The van der Waals surface area contributed by atoms with E-state index < -0.39 is 0 Å². The molecule has 2 aliphatic rings. The molecule has 12 heavy (non-hydrogen) atoms. The van der Waals surface area contributed by atoms with Gasteiger partial charge in [0.05, 0.1) is 0 Å². The fourth-order valence-corrected chi connectivity index (χ4v) is 2.56. The van der Waals surface area contributed by atoms with Crippen molar-refractivity contribution >= 4 is 0 Å². The number of rotatable bonds is 1. The molecule has 70 valence electrons. The van der Waals surface area contributed by atoms with Crippen LogP contribution in [0.5, 0.6) is 0 Å². The summed E-state index contributed by atoms with van der Waals surface area (Å²) in [5.41, 5.74) is 0. The average Bonchev–Trinajstić information content (AvgIpc) is 2.21. The minimum Gasteiger partial charge on any atom is -0.316 e. The first-order chi connectivity index (χ1) is 5.97. The maximum atomic E-state index is 3.50. The molecular formula is C10H20N2. The van der Waals surface area contributed by atoms with Crippen LogP contribution in [-0.4, -0.2) is 26.2 Å². The van der Waals surface area contributed by atoms with Gasteiger partial charge >= 0.3 is 0 Å². The smallest absolute Gasteiger partial charge is 0.00174 e. The van der Waals surface area contributed by atoms with Crippen molar-refractivity contribution in [3.05, 3.63) is 0 Å². The van der Waals surface area contributed by atoms with E-state index in [1.165, 1.54) is 51.9 Å². The van der Waals surface area contributed by atoms with Crippen LogP contribution in [-0.2, 0) is 0 Å². The van der Waals surface area contributed by atoms with Crippen LogP contribution in [0.1, 0.15) is 25.7 Å². The Labute approximate surface area is 75.1 Å². The zero-order chi connectivity index (χ0) is 8.23. The summed E-state index contributed by atoms with van der Waals surface area (Å²) >= 11 is 0. The molecule has 2 saturated heterocycles. The highest BCUT2D eigenvalue weighted by atomic mass is 14.9. The van der Waals surface area contributed by atoms with Crippen molar-refractivity contribution in [1.82, 2.24) is 10.6 Å². The van der Waals surface area contributed by atoms with Crippen molar-refractivity contribution in [3.8, 4) is 0 Å². The first-order valence-electron chi connectivity index (χ1n) is 5.38. The predicted octanol–water partition coefficient (Wildman–Crippen LogP) is 0.986. The van der Waals surface area contributed by atoms with Gasteiger partial charge in [0.2, 0.25) is 0 Å². The van der Waals surface area contributed by atoms with Crippen molar-refractivity contribution in [3.63, 3.8) is 0 Å². The van der Waals surface area contributed by atoms with E-state index >= 15 is 0 Å². The Kier molecular flexibility index (Phi) is 3.01. The quantitative estimate of drug-likeness (QED) is 0.610. The zero-order valence-electron chi connectivity index (χ0n) is 7.81. The van der Waals surface area contributed by atoms with Gasteiger partial charge < -0.3 is 10.6 Å². The third-order valence-corrected chi connectivity index (χ3v) is 3.34. The molecule has 2 atom stereocenters. The third kappa shape index (κ3) is 1.99. The Hall–Kier alpha value is -0.0800. The van der Waals surface area contributed by atoms with Crippen molar-refractivity contribution in [2.75, 3.05) is 26.2 Å². The Morgan fingerprint density at radius 3 is 1.58 bits per heavy atom.